The van der Waals surface area contributed by atoms with Crippen molar-refractivity contribution in [1.29, 1.82) is 0 Å². The van der Waals surface area contributed by atoms with Crippen LogP contribution in [0.25, 0.3) is 0 Å². The maximum absolute atomic E-state index is 13.2. The highest BCUT2D eigenvalue weighted by Gasteiger charge is 2.21. The van der Waals surface area contributed by atoms with Crippen molar-refractivity contribution in [2.24, 2.45) is 0 Å². The fourth-order valence-corrected chi connectivity index (χ4v) is 5.13. The first-order valence-corrected chi connectivity index (χ1v) is 13.0. The SMILES string of the molecule is Cc1ccc(C)c(NS(=O)(=O)c2cc(C(=O)Nc3ccccc3C(=O)NCc3ccco3)ccc2C)c1. The van der Waals surface area contributed by atoms with Gasteiger partial charge in [-0.2, -0.15) is 0 Å². The second kappa shape index (κ2) is 10.7. The van der Waals surface area contributed by atoms with Crippen LogP contribution < -0.4 is 15.4 Å². The van der Waals surface area contributed by atoms with Gasteiger partial charge in [0.05, 0.1) is 34.6 Å². The standard InChI is InChI=1S/C28H27N3O5S/c1-18-10-11-19(2)25(15-18)31-37(34,35)26-16-21(13-12-20(26)3)27(32)30-24-9-5-4-8-23(24)28(33)29-17-22-7-6-14-36-22/h4-16,31H,17H2,1-3H3,(H,29,33)(H,30,32). The third-order valence-electron chi connectivity index (χ3n) is 5.80. The molecule has 2 amide bonds. The van der Waals surface area contributed by atoms with E-state index < -0.39 is 21.8 Å². The number of benzene rings is 3. The molecule has 0 fully saturated rings. The van der Waals surface area contributed by atoms with Gasteiger partial charge in [0.2, 0.25) is 0 Å². The van der Waals surface area contributed by atoms with Gasteiger partial charge in [-0.05, 0) is 79.9 Å². The number of sulfonamides is 1. The molecule has 37 heavy (non-hydrogen) atoms. The van der Waals surface area contributed by atoms with E-state index in [-0.39, 0.29) is 22.6 Å². The summed E-state index contributed by atoms with van der Waals surface area (Å²) in [6, 6.07) is 20.0. The largest absolute Gasteiger partial charge is 0.467 e. The van der Waals surface area contributed by atoms with Crippen LogP contribution in [0, 0.1) is 20.8 Å². The van der Waals surface area contributed by atoms with Gasteiger partial charge in [-0.1, -0.05) is 30.3 Å². The Labute approximate surface area is 215 Å². The smallest absolute Gasteiger partial charge is 0.262 e. The Kier molecular flexibility index (Phi) is 7.45. The molecular formula is C28H27N3O5S. The van der Waals surface area contributed by atoms with E-state index in [0.29, 0.717) is 22.7 Å². The molecule has 0 saturated heterocycles. The van der Waals surface area contributed by atoms with Gasteiger partial charge >= 0.3 is 0 Å². The first-order chi connectivity index (χ1) is 17.6. The van der Waals surface area contributed by atoms with Crippen LogP contribution in [0.2, 0.25) is 0 Å². The molecule has 4 rings (SSSR count). The van der Waals surface area contributed by atoms with E-state index >= 15 is 0 Å². The number of carbonyl (C=O) groups is 2. The van der Waals surface area contributed by atoms with E-state index in [4.69, 9.17) is 4.42 Å². The van der Waals surface area contributed by atoms with E-state index in [9.17, 15) is 18.0 Å². The minimum Gasteiger partial charge on any atom is -0.467 e. The molecule has 0 unspecified atom stereocenters. The van der Waals surface area contributed by atoms with Gasteiger partial charge in [-0.15, -0.1) is 0 Å². The normalized spacial score (nSPS) is 11.1. The second-order valence-corrected chi connectivity index (χ2v) is 10.3. The number of hydrogen-bond acceptors (Lipinski definition) is 5. The molecule has 0 aliphatic carbocycles. The molecule has 190 valence electrons. The number of hydrogen-bond donors (Lipinski definition) is 3. The number of rotatable bonds is 8. The lowest BCUT2D eigenvalue weighted by molar-refractivity contribution is 0.0949. The zero-order chi connectivity index (χ0) is 26.6. The summed E-state index contributed by atoms with van der Waals surface area (Å²) in [5, 5.41) is 5.48. The molecule has 3 N–H and O–H groups in total. The molecule has 9 heteroatoms. The zero-order valence-electron chi connectivity index (χ0n) is 20.7. The van der Waals surface area contributed by atoms with Crippen LogP contribution in [0.3, 0.4) is 0 Å². The molecule has 8 nitrogen and oxygen atoms in total. The highest BCUT2D eigenvalue weighted by atomic mass is 32.2. The van der Waals surface area contributed by atoms with Crippen molar-refractivity contribution in [2.45, 2.75) is 32.2 Å². The van der Waals surface area contributed by atoms with E-state index in [0.717, 1.165) is 11.1 Å². The fourth-order valence-electron chi connectivity index (χ4n) is 3.74. The number of aryl methyl sites for hydroxylation is 3. The minimum atomic E-state index is -3.97. The molecule has 0 aliphatic heterocycles. The molecule has 0 bridgehead atoms. The lowest BCUT2D eigenvalue weighted by Crippen LogP contribution is -2.24. The van der Waals surface area contributed by atoms with Crippen molar-refractivity contribution in [3.63, 3.8) is 0 Å². The number of nitrogens with one attached hydrogen (secondary N) is 3. The summed E-state index contributed by atoms with van der Waals surface area (Å²) < 4.78 is 34.3. The Morgan fingerprint density at radius 3 is 2.32 bits per heavy atom. The van der Waals surface area contributed by atoms with Crippen molar-refractivity contribution in [3.05, 3.63) is 113 Å². The Morgan fingerprint density at radius 1 is 0.811 bits per heavy atom. The third kappa shape index (κ3) is 6.07. The number of para-hydroxylation sites is 1. The van der Waals surface area contributed by atoms with Crippen molar-refractivity contribution in [1.82, 2.24) is 5.32 Å². The van der Waals surface area contributed by atoms with Gasteiger partial charge in [0.1, 0.15) is 5.76 Å². The van der Waals surface area contributed by atoms with Crippen LogP contribution in [-0.4, -0.2) is 20.2 Å². The summed E-state index contributed by atoms with van der Waals surface area (Å²) >= 11 is 0. The van der Waals surface area contributed by atoms with Crippen molar-refractivity contribution < 1.29 is 22.4 Å². The molecule has 0 aliphatic rings. The molecule has 0 spiro atoms. The summed E-state index contributed by atoms with van der Waals surface area (Å²) in [4.78, 5) is 25.8. The monoisotopic (exact) mass is 517 g/mol. The first kappa shape index (κ1) is 25.7. The first-order valence-electron chi connectivity index (χ1n) is 11.6. The van der Waals surface area contributed by atoms with Crippen molar-refractivity contribution in [3.8, 4) is 0 Å². The Balaban J connectivity index is 1.55. The van der Waals surface area contributed by atoms with E-state index in [1.165, 1.54) is 12.3 Å². The summed E-state index contributed by atoms with van der Waals surface area (Å²) in [6.07, 6.45) is 1.52. The average Bonchev–Trinajstić information content (AvgIpc) is 3.39. The highest BCUT2D eigenvalue weighted by Crippen LogP contribution is 2.25. The lowest BCUT2D eigenvalue weighted by Gasteiger charge is -2.15. The molecule has 4 aromatic rings. The fraction of sp³-hybridized carbons (Fsp3) is 0.143. The van der Waals surface area contributed by atoms with Crippen molar-refractivity contribution >= 4 is 33.2 Å². The van der Waals surface area contributed by atoms with Crippen LogP contribution in [0.5, 0.6) is 0 Å². The van der Waals surface area contributed by atoms with Gasteiger partial charge in [0, 0.05) is 5.56 Å². The molecule has 0 atom stereocenters. The number of furan rings is 1. The minimum absolute atomic E-state index is 0.00877. The van der Waals surface area contributed by atoms with E-state index in [1.807, 2.05) is 26.0 Å². The molecule has 0 radical (unpaired) electrons. The molecule has 0 saturated carbocycles. The second-order valence-electron chi connectivity index (χ2n) is 8.67. The highest BCUT2D eigenvalue weighted by molar-refractivity contribution is 7.92. The Bertz CT molecular complexity index is 1560. The van der Waals surface area contributed by atoms with Gasteiger partial charge in [-0.25, -0.2) is 8.42 Å². The Morgan fingerprint density at radius 2 is 1.57 bits per heavy atom. The lowest BCUT2D eigenvalue weighted by atomic mass is 10.1. The van der Waals surface area contributed by atoms with Crippen LogP contribution in [0.15, 0.2) is 88.4 Å². The predicted molar refractivity (Wildman–Crippen MR) is 142 cm³/mol. The topological polar surface area (TPSA) is 118 Å². The van der Waals surface area contributed by atoms with Gasteiger partial charge in [0.15, 0.2) is 0 Å². The third-order valence-corrected chi connectivity index (χ3v) is 7.31. The summed E-state index contributed by atoms with van der Waals surface area (Å²) in [7, 11) is -3.97. The molecular weight excluding hydrogens is 490 g/mol. The number of amides is 2. The van der Waals surface area contributed by atoms with E-state index in [1.54, 1.807) is 61.5 Å². The number of carbonyl (C=O) groups excluding carboxylic acids is 2. The zero-order valence-corrected chi connectivity index (χ0v) is 21.5. The van der Waals surface area contributed by atoms with Crippen molar-refractivity contribution in [2.75, 3.05) is 10.0 Å². The van der Waals surface area contributed by atoms with Crippen LogP contribution in [-0.2, 0) is 16.6 Å². The summed E-state index contributed by atoms with van der Waals surface area (Å²) in [5.41, 5.74) is 3.36. The van der Waals surface area contributed by atoms with Gasteiger partial charge in [0.25, 0.3) is 21.8 Å². The van der Waals surface area contributed by atoms with Gasteiger partial charge in [-0.3, -0.25) is 14.3 Å². The average molecular weight is 518 g/mol. The van der Waals surface area contributed by atoms with Crippen LogP contribution >= 0.6 is 0 Å². The number of anilines is 2. The molecule has 1 aromatic heterocycles. The molecule has 1 heterocycles. The summed E-state index contributed by atoms with van der Waals surface area (Å²) in [6.45, 7) is 5.55. The maximum atomic E-state index is 13.2. The molecule has 3 aromatic carbocycles. The Hall–Kier alpha value is -4.37. The predicted octanol–water partition coefficient (Wildman–Crippen LogP) is 5.19. The van der Waals surface area contributed by atoms with Crippen LogP contribution in [0.1, 0.15) is 43.2 Å². The summed E-state index contributed by atoms with van der Waals surface area (Å²) in [5.74, 6) is -0.343. The van der Waals surface area contributed by atoms with Gasteiger partial charge < -0.3 is 15.1 Å². The maximum Gasteiger partial charge on any atom is 0.262 e. The van der Waals surface area contributed by atoms with Crippen LogP contribution in [0.4, 0.5) is 11.4 Å². The van der Waals surface area contributed by atoms with E-state index in [2.05, 4.69) is 15.4 Å². The quantitative estimate of drug-likeness (QED) is 0.297.